The van der Waals surface area contributed by atoms with Crippen molar-refractivity contribution in [3.63, 3.8) is 0 Å². The number of ether oxygens (including phenoxy) is 2. The molecule has 0 bridgehead atoms. The van der Waals surface area contributed by atoms with Crippen LogP contribution < -0.4 is 10.5 Å². The number of halogens is 1. The number of rotatable bonds is 7. The zero-order valence-corrected chi connectivity index (χ0v) is 13.8. The SMILES string of the molecule is CCC(CC)(OC)C(N)Cc1cc(OC)ccc1Br. The smallest absolute Gasteiger partial charge is 0.119 e. The van der Waals surface area contributed by atoms with Crippen LogP contribution in [0, 0.1) is 0 Å². The topological polar surface area (TPSA) is 44.5 Å². The van der Waals surface area contributed by atoms with E-state index in [2.05, 4.69) is 29.8 Å². The summed E-state index contributed by atoms with van der Waals surface area (Å²) in [5.74, 6) is 0.849. The van der Waals surface area contributed by atoms with Crippen LogP contribution in [0.4, 0.5) is 0 Å². The van der Waals surface area contributed by atoms with E-state index in [0.717, 1.165) is 35.0 Å². The van der Waals surface area contributed by atoms with Crippen molar-refractivity contribution >= 4 is 15.9 Å². The minimum Gasteiger partial charge on any atom is -0.497 e. The summed E-state index contributed by atoms with van der Waals surface area (Å²) in [7, 11) is 3.41. The lowest BCUT2D eigenvalue weighted by atomic mass is 9.85. The van der Waals surface area contributed by atoms with Crippen LogP contribution in [0.15, 0.2) is 22.7 Å². The van der Waals surface area contributed by atoms with Gasteiger partial charge in [0, 0.05) is 17.6 Å². The Balaban J connectivity index is 2.95. The molecule has 0 fully saturated rings. The van der Waals surface area contributed by atoms with Crippen molar-refractivity contribution in [3.8, 4) is 5.75 Å². The molecule has 108 valence electrons. The van der Waals surface area contributed by atoms with Gasteiger partial charge in [-0.2, -0.15) is 0 Å². The van der Waals surface area contributed by atoms with Gasteiger partial charge in [-0.3, -0.25) is 0 Å². The summed E-state index contributed by atoms with van der Waals surface area (Å²) in [5.41, 5.74) is 7.28. The number of hydrogen-bond acceptors (Lipinski definition) is 3. The largest absolute Gasteiger partial charge is 0.497 e. The third-order valence-corrected chi connectivity index (χ3v) is 4.75. The maximum atomic E-state index is 6.39. The number of methoxy groups -OCH3 is 2. The Hall–Kier alpha value is -0.580. The Labute approximate surface area is 124 Å². The van der Waals surface area contributed by atoms with Crippen molar-refractivity contribution in [1.82, 2.24) is 0 Å². The average Bonchev–Trinajstić information content (AvgIpc) is 2.44. The van der Waals surface area contributed by atoms with Crippen LogP contribution in [0.5, 0.6) is 5.75 Å². The Morgan fingerprint density at radius 1 is 1.26 bits per heavy atom. The maximum absolute atomic E-state index is 6.39. The first-order chi connectivity index (χ1) is 9.02. The molecule has 0 aliphatic heterocycles. The van der Waals surface area contributed by atoms with Crippen molar-refractivity contribution < 1.29 is 9.47 Å². The van der Waals surface area contributed by atoms with Crippen LogP contribution >= 0.6 is 15.9 Å². The van der Waals surface area contributed by atoms with Gasteiger partial charge in [0.1, 0.15) is 5.75 Å². The van der Waals surface area contributed by atoms with Gasteiger partial charge < -0.3 is 15.2 Å². The number of nitrogens with two attached hydrogens (primary N) is 1. The normalized spacial score (nSPS) is 13.4. The fourth-order valence-electron chi connectivity index (χ4n) is 2.47. The number of benzene rings is 1. The lowest BCUT2D eigenvalue weighted by molar-refractivity contribution is -0.0374. The highest BCUT2D eigenvalue weighted by Gasteiger charge is 2.33. The summed E-state index contributed by atoms with van der Waals surface area (Å²) in [4.78, 5) is 0. The lowest BCUT2D eigenvalue weighted by Gasteiger charge is -2.36. The van der Waals surface area contributed by atoms with Gasteiger partial charge in [-0.15, -0.1) is 0 Å². The molecular weight excluding hydrogens is 306 g/mol. The molecule has 1 atom stereocenters. The second-order valence-corrected chi connectivity index (χ2v) is 5.60. The van der Waals surface area contributed by atoms with Crippen molar-refractivity contribution in [2.45, 2.75) is 44.8 Å². The van der Waals surface area contributed by atoms with Crippen LogP contribution in [-0.4, -0.2) is 25.9 Å². The predicted molar refractivity (Wildman–Crippen MR) is 82.7 cm³/mol. The van der Waals surface area contributed by atoms with E-state index < -0.39 is 0 Å². The van der Waals surface area contributed by atoms with Crippen LogP contribution in [0.1, 0.15) is 32.3 Å². The molecule has 2 N–H and O–H groups in total. The molecule has 0 aromatic heterocycles. The van der Waals surface area contributed by atoms with E-state index in [9.17, 15) is 0 Å². The lowest BCUT2D eigenvalue weighted by Crippen LogP contribution is -2.50. The molecule has 1 aromatic carbocycles. The molecule has 0 saturated carbocycles. The van der Waals surface area contributed by atoms with Crippen molar-refractivity contribution in [2.24, 2.45) is 5.73 Å². The predicted octanol–water partition coefficient (Wildman–Crippen LogP) is 3.53. The summed E-state index contributed by atoms with van der Waals surface area (Å²) in [5, 5.41) is 0. The molecule has 1 rings (SSSR count). The summed E-state index contributed by atoms with van der Waals surface area (Å²) >= 11 is 3.57. The monoisotopic (exact) mass is 329 g/mol. The third-order valence-electron chi connectivity index (χ3n) is 3.97. The minimum atomic E-state index is -0.261. The van der Waals surface area contributed by atoms with Crippen LogP contribution in [0.2, 0.25) is 0 Å². The summed E-state index contributed by atoms with van der Waals surface area (Å²) in [6.07, 6.45) is 2.57. The molecule has 3 nitrogen and oxygen atoms in total. The fraction of sp³-hybridized carbons (Fsp3) is 0.600. The minimum absolute atomic E-state index is 0.0455. The molecule has 4 heteroatoms. The van der Waals surface area contributed by atoms with Crippen molar-refractivity contribution in [3.05, 3.63) is 28.2 Å². The van der Waals surface area contributed by atoms with Crippen LogP contribution in [-0.2, 0) is 11.2 Å². The molecule has 1 unspecified atom stereocenters. The van der Waals surface area contributed by atoms with Gasteiger partial charge in [-0.1, -0.05) is 29.8 Å². The molecule has 19 heavy (non-hydrogen) atoms. The standard InChI is InChI=1S/C15H24BrNO2/c1-5-15(6-2,19-4)14(17)10-11-9-12(18-3)7-8-13(11)16/h7-9,14H,5-6,10,17H2,1-4H3. The van der Waals surface area contributed by atoms with E-state index in [1.807, 2.05) is 18.2 Å². The Morgan fingerprint density at radius 3 is 2.37 bits per heavy atom. The van der Waals surface area contributed by atoms with E-state index in [0.29, 0.717) is 0 Å². The molecule has 0 spiro atoms. The molecule has 0 radical (unpaired) electrons. The van der Waals surface area contributed by atoms with E-state index in [1.165, 1.54) is 0 Å². The molecule has 0 saturated heterocycles. The molecule has 0 aliphatic rings. The van der Waals surface area contributed by atoms with Crippen LogP contribution in [0.25, 0.3) is 0 Å². The first kappa shape index (κ1) is 16.5. The second-order valence-electron chi connectivity index (χ2n) is 4.74. The number of hydrogen-bond donors (Lipinski definition) is 1. The summed E-state index contributed by atoms with van der Waals surface area (Å²) in [6.45, 7) is 4.24. The van der Waals surface area contributed by atoms with Crippen LogP contribution in [0.3, 0.4) is 0 Å². The second kappa shape index (κ2) is 7.27. The molecule has 0 amide bonds. The first-order valence-electron chi connectivity index (χ1n) is 6.66. The molecule has 0 aliphatic carbocycles. The van der Waals surface area contributed by atoms with Gasteiger partial charge in [0.2, 0.25) is 0 Å². The molecule has 0 heterocycles. The van der Waals surface area contributed by atoms with Crippen molar-refractivity contribution in [1.29, 1.82) is 0 Å². The third kappa shape index (κ3) is 3.71. The van der Waals surface area contributed by atoms with Gasteiger partial charge in [0.25, 0.3) is 0 Å². The molecule has 1 aromatic rings. The summed E-state index contributed by atoms with van der Waals surface area (Å²) in [6, 6.07) is 5.90. The van der Waals surface area contributed by atoms with Gasteiger partial charge in [0.15, 0.2) is 0 Å². The van der Waals surface area contributed by atoms with E-state index >= 15 is 0 Å². The Kier molecular flexibility index (Phi) is 6.30. The van der Waals surface area contributed by atoms with Gasteiger partial charge >= 0.3 is 0 Å². The van der Waals surface area contributed by atoms with Gasteiger partial charge in [-0.05, 0) is 43.0 Å². The fourth-order valence-corrected chi connectivity index (χ4v) is 2.88. The van der Waals surface area contributed by atoms with E-state index in [-0.39, 0.29) is 11.6 Å². The molecular formula is C15H24BrNO2. The average molecular weight is 330 g/mol. The quantitative estimate of drug-likeness (QED) is 0.832. The Morgan fingerprint density at radius 2 is 1.89 bits per heavy atom. The van der Waals surface area contributed by atoms with Gasteiger partial charge in [0.05, 0.1) is 12.7 Å². The van der Waals surface area contributed by atoms with E-state index in [1.54, 1.807) is 14.2 Å². The zero-order valence-electron chi connectivity index (χ0n) is 12.2. The highest BCUT2D eigenvalue weighted by atomic mass is 79.9. The maximum Gasteiger partial charge on any atom is 0.119 e. The van der Waals surface area contributed by atoms with Gasteiger partial charge in [-0.25, -0.2) is 0 Å². The highest BCUT2D eigenvalue weighted by molar-refractivity contribution is 9.10. The Bertz CT molecular complexity index is 397. The zero-order chi connectivity index (χ0) is 14.5. The first-order valence-corrected chi connectivity index (χ1v) is 7.45. The highest BCUT2D eigenvalue weighted by Crippen LogP contribution is 2.29. The van der Waals surface area contributed by atoms with Crippen molar-refractivity contribution in [2.75, 3.05) is 14.2 Å². The van der Waals surface area contributed by atoms with E-state index in [4.69, 9.17) is 15.2 Å². The summed E-state index contributed by atoms with van der Waals surface area (Å²) < 4.78 is 12.0.